The van der Waals surface area contributed by atoms with Gasteiger partial charge in [0.15, 0.2) is 5.71 Å². The van der Waals surface area contributed by atoms with Crippen LogP contribution >= 0.6 is 0 Å². The molecule has 13 heavy (non-hydrogen) atoms. The summed E-state index contributed by atoms with van der Waals surface area (Å²) < 4.78 is 0. The maximum Gasteiger partial charge on any atom is 0.186 e. The van der Waals surface area contributed by atoms with E-state index in [0.29, 0.717) is 5.92 Å². The van der Waals surface area contributed by atoms with Gasteiger partial charge in [0, 0.05) is 5.57 Å². The zero-order valence-corrected chi connectivity index (χ0v) is 7.78. The summed E-state index contributed by atoms with van der Waals surface area (Å²) in [4.78, 5) is 0. The van der Waals surface area contributed by atoms with Crippen molar-refractivity contribution in [2.75, 3.05) is 0 Å². The van der Waals surface area contributed by atoms with Crippen molar-refractivity contribution < 1.29 is 5.21 Å². The molecule has 0 aromatic heterocycles. The van der Waals surface area contributed by atoms with Crippen LogP contribution < -0.4 is 0 Å². The van der Waals surface area contributed by atoms with Crippen LogP contribution in [0.2, 0.25) is 0 Å². The van der Waals surface area contributed by atoms with E-state index >= 15 is 0 Å². The number of nitriles is 1. The van der Waals surface area contributed by atoms with Gasteiger partial charge in [0.25, 0.3) is 0 Å². The molecule has 0 spiro atoms. The molecule has 0 fully saturated rings. The molecule has 68 valence electrons. The van der Waals surface area contributed by atoms with Crippen molar-refractivity contribution in [1.82, 2.24) is 0 Å². The molecule has 1 aliphatic rings. The second kappa shape index (κ2) is 3.90. The zero-order valence-electron chi connectivity index (χ0n) is 7.78. The molecule has 1 N–H and O–H groups in total. The molecule has 3 heteroatoms. The minimum atomic E-state index is 0.0978. The minimum Gasteiger partial charge on any atom is -0.410 e. The summed E-state index contributed by atoms with van der Waals surface area (Å²) in [7, 11) is 0. The van der Waals surface area contributed by atoms with Crippen molar-refractivity contribution in [2.24, 2.45) is 11.1 Å². The molecule has 1 unspecified atom stereocenters. The zero-order chi connectivity index (χ0) is 9.84. The second-order valence-corrected chi connectivity index (χ2v) is 3.24. The van der Waals surface area contributed by atoms with Crippen LogP contribution in [0, 0.1) is 17.2 Å². The molecule has 1 aliphatic carbocycles. The topological polar surface area (TPSA) is 56.4 Å². The first-order valence-electron chi connectivity index (χ1n) is 4.20. The monoisotopic (exact) mass is 176 g/mol. The van der Waals surface area contributed by atoms with Crippen molar-refractivity contribution in [3.8, 4) is 6.07 Å². The minimum absolute atomic E-state index is 0.0978. The third-order valence-corrected chi connectivity index (χ3v) is 2.11. The molecule has 0 radical (unpaired) electrons. The highest BCUT2D eigenvalue weighted by atomic mass is 16.4. The van der Waals surface area contributed by atoms with Gasteiger partial charge in [0.05, 0.1) is 0 Å². The molecule has 1 atom stereocenters. The first-order valence-corrected chi connectivity index (χ1v) is 4.20. The van der Waals surface area contributed by atoms with Crippen LogP contribution in [0.15, 0.2) is 28.5 Å². The number of allylic oxidation sites excluding steroid dienone is 4. The molecule has 0 aliphatic heterocycles. The summed E-state index contributed by atoms with van der Waals surface area (Å²) >= 11 is 0. The van der Waals surface area contributed by atoms with E-state index in [0.717, 1.165) is 17.6 Å². The average Bonchev–Trinajstić information content (AvgIpc) is 2.10. The van der Waals surface area contributed by atoms with E-state index in [1.807, 2.05) is 19.1 Å². The van der Waals surface area contributed by atoms with Crippen molar-refractivity contribution in [1.29, 1.82) is 5.26 Å². The summed E-state index contributed by atoms with van der Waals surface area (Å²) in [6.45, 7) is 4.03. The standard InChI is InChI=1S/C10H12N2O/c1-7-3-4-9(8(2)5-7)10(6-11)12-13/h4-5,7,13H,3H2,1-2H3/b12-10-. The largest absolute Gasteiger partial charge is 0.410 e. The highest BCUT2D eigenvalue weighted by Crippen LogP contribution is 2.23. The van der Waals surface area contributed by atoms with Gasteiger partial charge in [-0.1, -0.05) is 24.2 Å². The van der Waals surface area contributed by atoms with Crippen LogP contribution in [0.25, 0.3) is 0 Å². The van der Waals surface area contributed by atoms with E-state index in [4.69, 9.17) is 10.5 Å². The van der Waals surface area contributed by atoms with E-state index in [9.17, 15) is 0 Å². The van der Waals surface area contributed by atoms with Crippen molar-refractivity contribution in [3.63, 3.8) is 0 Å². The summed E-state index contributed by atoms with van der Waals surface area (Å²) in [5.41, 5.74) is 1.86. The Balaban J connectivity index is 2.97. The van der Waals surface area contributed by atoms with Gasteiger partial charge in [-0.05, 0) is 24.8 Å². The number of hydrogen-bond donors (Lipinski definition) is 1. The molecule has 0 aromatic rings. The van der Waals surface area contributed by atoms with Gasteiger partial charge < -0.3 is 5.21 Å². The van der Waals surface area contributed by atoms with E-state index in [-0.39, 0.29) is 5.71 Å². The van der Waals surface area contributed by atoms with Crippen LogP contribution in [-0.4, -0.2) is 10.9 Å². The summed E-state index contributed by atoms with van der Waals surface area (Å²) in [5.74, 6) is 0.502. The highest BCUT2D eigenvalue weighted by molar-refractivity contribution is 6.13. The predicted molar refractivity (Wildman–Crippen MR) is 50.5 cm³/mol. The van der Waals surface area contributed by atoms with Crippen molar-refractivity contribution >= 4 is 5.71 Å². The smallest absolute Gasteiger partial charge is 0.186 e. The molecule has 0 amide bonds. The number of oxime groups is 1. The Kier molecular flexibility index (Phi) is 2.86. The van der Waals surface area contributed by atoms with Crippen LogP contribution in [0.3, 0.4) is 0 Å². The fourth-order valence-electron chi connectivity index (χ4n) is 1.47. The fraction of sp³-hybridized carbons (Fsp3) is 0.400. The van der Waals surface area contributed by atoms with E-state index < -0.39 is 0 Å². The number of hydrogen-bond acceptors (Lipinski definition) is 3. The molecule has 3 nitrogen and oxygen atoms in total. The average molecular weight is 176 g/mol. The van der Waals surface area contributed by atoms with Gasteiger partial charge in [-0.15, -0.1) is 0 Å². The van der Waals surface area contributed by atoms with E-state index in [1.165, 1.54) is 0 Å². The molecule has 1 rings (SSSR count). The quantitative estimate of drug-likeness (QED) is 0.378. The molecule has 0 saturated heterocycles. The molecule has 0 bridgehead atoms. The first-order chi connectivity index (χ1) is 6.19. The third kappa shape index (κ3) is 1.97. The van der Waals surface area contributed by atoms with E-state index in [2.05, 4.69) is 18.2 Å². The van der Waals surface area contributed by atoms with Gasteiger partial charge in [-0.2, -0.15) is 5.26 Å². The van der Waals surface area contributed by atoms with Gasteiger partial charge in [0.1, 0.15) is 6.07 Å². The van der Waals surface area contributed by atoms with Crippen LogP contribution in [0.5, 0.6) is 0 Å². The maximum absolute atomic E-state index is 8.65. The molecular formula is C10H12N2O. The van der Waals surface area contributed by atoms with Gasteiger partial charge >= 0.3 is 0 Å². The Hall–Kier alpha value is -1.56. The van der Waals surface area contributed by atoms with Gasteiger partial charge in [-0.3, -0.25) is 0 Å². The Morgan fingerprint density at radius 1 is 1.77 bits per heavy atom. The molecule has 0 heterocycles. The van der Waals surface area contributed by atoms with Crippen LogP contribution in [0.1, 0.15) is 20.3 Å². The Labute approximate surface area is 77.7 Å². The number of nitrogens with zero attached hydrogens (tertiary/aromatic N) is 2. The Morgan fingerprint density at radius 3 is 2.92 bits per heavy atom. The summed E-state index contributed by atoms with van der Waals surface area (Å²) in [6.07, 6.45) is 4.92. The maximum atomic E-state index is 8.65. The fourth-order valence-corrected chi connectivity index (χ4v) is 1.47. The lowest BCUT2D eigenvalue weighted by atomic mass is 9.90. The highest BCUT2D eigenvalue weighted by Gasteiger charge is 2.14. The summed E-state index contributed by atoms with van der Waals surface area (Å²) in [5, 5.41) is 20.2. The Bertz CT molecular complexity index is 331. The normalized spacial score (nSPS) is 23.2. The van der Waals surface area contributed by atoms with Gasteiger partial charge in [-0.25, -0.2) is 0 Å². The Morgan fingerprint density at radius 2 is 2.46 bits per heavy atom. The molecule has 0 aromatic carbocycles. The lowest BCUT2D eigenvalue weighted by Gasteiger charge is -2.14. The molecular weight excluding hydrogens is 164 g/mol. The number of rotatable bonds is 1. The van der Waals surface area contributed by atoms with E-state index in [1.54, 1.807) is 0 Å². The van der Waals surface area contributed by atoms with Gasteiger partial charge in [0.2, 0.25) is 0 Å². The lowest BCUT2D eigenvalue weighted by Crippen LogP contribution is -2.07. The second-order valence-electron chi connectivity index (χ2n) is 3.24. The van der Waals surface area contributed by atoms with Crippen molar-refractivity contribution in [2.45, 2.75) is 20.3 Å². The SMILES string of the molecule is CC1=CC(C)CC=C1/C(C#N)=N\O. The lowest BCUT2D eigenvalue weighted by molar-refractivity contribution is 0.320. The van der Waals surface area contributed by atoms with Crippen LogP contribution in [-0.2, 0) is 0 Å². The first kappa shape index (κ1) is 9.53. The van der Waals surface area contributed by atoms with Crippen LogP contribution in [0.4, 0.5) is 0 Å². The predicted octanol–water partition coefficient (Wildman–Crippen LogP) is 2.25. The van der Waals surface area contributed by atoms with Crippen molar-refractivity contribution in [3.05, 3.63) is 23.3 Å². The third-order valence-electron chi connectivity index (χ3n) is 2.11. The summed E-state index contributed by atoms with van der Waals surface area (Å²) in [6, 6.07) is 1.86. The molecule has 0 saturated carbocycles.